The molecular weight excluding hydrogens is 649 g/mol. The second kappa shape index (κ2) is 10.5. The van der Waals surface area contributed by atoms with Gasteiger partial charge in [-0.05, 0) is 94.1 Å². The quantitative estimate of drug-likeness (QED) is 0.162. The fourth-order valence-electron chi connectivity index (χ4n) is 10.2. The summed E-state index contributed by atoms with van der Waals surface area (Å²) in [6.45, 7) is 0. The maximum absolute atomic E-state index is 5.04. The minimum atomic E-state index is -0.294. The smallest absolute Gasteiger partial charge is 0.0932 e. The Labute approximate surface area is 306 Å². The minimum absolute atomic E-state index is 0.161. The standard InChI is InChI=1S/C49H32N2S/c1-5-14-40-35(10-1)32-20-19-31(28-33(29-32)49(40)41-15-6-2-11-36(41)37-12-3-7-16-42(37)49)30-21-23-34(24-22-30)51-43-26-25-39-38-13-4-8-18-45(38)52-48(39)46(43)47-44(51)17-9-27-50-47/h1-6,8,10-15,18-28,37,42H,9,17,29H2. The molecule has 0 N–H and O–H groups in total. The lowest BCUT2D eigenvalue weighted by atomic mass is 9.57. The number of aromatic nitrogens is 1. The Morgan fingerprint density at radius 3 is 2.60 bits per heavy atom. The Balaban J connectivity index is 1.02. The average molecular weight is 681 g/mol. The summed E-state index contributed by atoms with van der Waals surface area (Å²) in [5, 5.41) is 3.93. The number of benzene rings is 5. The Hall–Kier alpha value is -5.95. The first-order chi connectivity index (χ1) is 25.8. The molecule has 5 aromatic carbocycles. The predicted molar refractivity (Wildman–Crippen MR) is 218 cm³/mol. The van der Waals surface area contributed by atoms with Crippen LogP contribution in [0.15, 0.2) is 150 Å². The van der Waals surface area contributed by atoms with Crippen molar-refractivity contribution < 1.29 is 0 Å². The van der Waals surface area contributed by atoms with E-state index in [4.69, 9.17) is 4.99 Å². The molecule has 0 amide bonds. The molecule has 2 nitrogen and oxygen atoms in total. The molecular formula is C49H32N2S. The van der Waals surface area contributed by atoms with Crippen LogP contribution in [-0.2, 0) is 11.8 Å². The number of rotatable bonds is 2. The largest absolute Gasteiger partial charge is 0.311 e. The lowest BCUT2D eigenvalue weighted by Gasteiger charge is -2.44. The Bertz CT molecular complexity index is 2950. The van der Waals surface area contributed by atoms with Crippen LogP contribution in [0.4, 0.5) is 5.69 Å². The summed E-state index contributed by atoms with van der Waals surface area (Å²) < 4.78 is 5.14. The van der Waals surface area contributed by atoms with Crippen molar-refractivity contribution in [1.29, 1.82) is 0 Å². The zero-order chi connectivity index (χ0) is 34.0. The lowest BCUT2D eigenvalue weighted by Crippen LogP contribution is -2.39. The molecule has 1 spiro atoms. The monoisotopic (exact) mass is 680 g/mol. The molecule has 4 aliphatic carbocycles. The van der Waals surface area contributed by atoms with E-state index >= 15 is 0 Å². The van der Waals surface area contributed by atoms with Crippen molar-refractivity contribution in [2.45, 2.75) is 30.6 Å². The highest BCUT2D eigenvalue weighted by atomic mass is 32.1. The highest BCUT2D eigenvalue weighted by Gasteiger charge is 2.56. The zero-order valence-electron chi connectivity index (χ0n) is 28.4. The number of allylic oxidation sites excluding steroid dienone is 8. The first kappa shape index (κ1) is 28.7. The van der Waals surface area contributed by atoms with Crippen molar-refractivity contribution in [2.75, 3.05) is 0 Å². The van der Waals surface area contributed by atoms with E-state index in [0.717, 1.165) is 24.9 Å². The van der Waals surface area contributed by atoms with Gasteiger partial charge in [0, 0.05) is 55.0 Å². The van der Waals surface area contributed by atoms with Crippen LogP contribution in [0.1, 0.15) is 52.3 Å². The molecule has 7 aromatic rings. The first-order valence-corrected chi connectivity index (χ1v) is 19.2. The number of thiophene rings is 1. The topological polar surface area (TPSA) is 17.3 Å². The van der Waals surface area contributed by atoms with Gasteiger partial charge in [0.2, 0.25) is 0 Å². The van der Waals surface area contributed by atoms with E-state index in [2.05, 4.69) is 162 Å². The van der Waals surface area contributed by atoms with Gasteiger partial charge in [-0.3, -0.25) is 4.99 Å². The van der Waals surface area contributed by atoms with Gasteiger partial charge in [0.05, 0.1) is 16.6 Å². The normalized spacial score (nSPS) is 21.9. The van der Waals surface area contributed by atoms with E-state index in [-0.39, 0.29) is 17.3 Å². The van der Waals surface area contributed by atoms with E-state index in [1.165, 1.54) is 87.0 Å². The highest BCUT2D eigenvalue weighted by molar-refractivity contribution is 7.26. The fourth-order valence-corrected chi connectivity index (χ4v) is 11.4. The van der Waals surface area contributed by atoms with Crippen molar-refractivity contribution in [3.63, 3.8) is 0 Å². The third kappa shape index (κ3) is 3.67. The van der Waals surface area contributed by atoms with Gasteiger partial charge >= 0.3 is 0 Å². The molecule has 52 heavy (non-hydrogen) atoms. The van der Waals surface area contributed by atoms with Crippen molar-refractivity contribution in [3.8, 4) is 17.5 Å². The molecule has 2 aromatic heterocycles. The SMILES string of the molecule is C1#CC2C(C=C1)c1ccccc1C21C2=CC(c3ccc(-n4c5c(c6c7sc8ccccc8c7ccc64)N=CCC5)cc3)=CC=C(C2)c2ccccc21. The van der Waals surface area contributed by atoms with Crippen LogP contribution in [0.3, 0.4) is 0 Å². The molecule has 3 heteroatoms. The van der Waals surface area contributed by atoms with Crippen molar-refractivity contribution in [2.24, 2.45) is 10.9 Å². The van der Waals surface area contributed by atoms with Crippen molar-refractivity contribution >= 4 is 65.5 Å². The van der Waals surface area contributed by atoms with E-state index < -0.39 is 0 Å². The molecule has 12 rings (SSSR count). The molecule has 5 aliphatic rings. The number of hydrogen-bond acceptors (Lipinski definition) is 2. The summed E-state index contributed by atoms with van der Waals surface area (Å²) in [5.41, 5.74) is 15.5. The Morgan fingerprint density at radius 1 is 0.808 bits per heavy atom. The zero-order valence-corrected chi connectivity index (χ0v) is 29.3. The number of nitrogens with zero attached hydrogens (tertiary/aromatic N) is 2. The van der Waals surface area contributed by atoms with Gasteiger partial charge in [-0.15, -0.1) is 11.3 Å². The van der Waals surface area contributed by atoms with E-state index in [0.29, 0.717) is 0 Å². The van der Waals surface area contributed by atoms with Crippen LogP contribution in [0.5, 0.6) is 0 Å². The summed E-state index contributed by atoms with van der Waals surface area (Å²) in [4.78, 5) is 5.04. The summed E-state index contributed by atoms with van der Waals surface area (Å²) in [6.07, 6.45) is 16.6. The highest BCUT2D eigenvalue weighted by Crippen LogP contribution is 2.63. The van der Waals surface area contributed by atoms with Gasteiger partial charge in [0.1, 0.15) is 0 Å². The molecule has 3 heterocycles. The first-order valence-electron chi connectivity index (χ1n) is 18.4. The molecule has 3 unspecified atom stereocenters. The van der Waals surface area contributed by atoms with Crippen molar-refractivity contribution in [1.82, 2.24) is 4.57 Å². The molecule has 0 radical (unpaired) electrons. The molecule has 244 valence electrons. The Kier molecular flexibility index (Phi) is 5.82. The van der Waals surface area contributed by atoms with E-state index in [1.807, 2.05) is 11.3 Å². The molecule has 2 bridgehead atoms. The summed E-state index contributed by atoms with van der Waals surface area (Å²) in [7, 11) is 0. The average Bonchev–Trinajstić information content (AvgIpc) is 3.79. The minimum Gasteiger partial charge on any atom is -0.311 e. The molecule has 0 saturated heterocycles. The second-order valence-electron chi connectivity index (χ2n) is 14.7. The van der Waals surface area contributed by atoms with Gasteiger partial charge in [0.25, 0.3) is 0 Å². The third-order valence-electron chi connectivity index (χ3n) is 12.3. The van der Waals surface area contributed by atoms with Crippen LogP contribution in [0.25, 0.3) is 47.9 Å². The van der Waals surface area contributed by atoms with Crippen LogP contribution >= 0.6 is 11.3 Å². The van der Waals surface area contributed by atoms with Gasteiger partial charge < -0.3 is 4.57 Å². The van der Waals surface area contributed by atoms with Crippen LogP contribution in [0.2, 0.25) is 0 Å². The fraction of sp³-hybridized carbons (Fsp3) is 0.122. The second-order valence-corrected chi connectivity index (χ2v) is 15.8. The number of fused-ring (bicyclic) bond motifs is 18. The number of aliphatic imine (C=N–C) groups is 1. The predicted octanol–water partition coefficient (Wildman–Crippen LogP) is 12.0. The molecule has 3 atom stereocenters. The maximum Gasteiger partial charge on any atom is 0.0932 e. The lowest BCUT2D eigenvalue weighted by molar-refractivity contribution is 0.453. The number of hydrogen-bond donors (Lipinski definition) is 0. The van der Waals surface area contributed by atoms with E-state index in [9.17, 15) is 0 Å². The summed E-state index contributed by atoms with van der Waals surface area (Å²) in [5.74, 6) is 7.60. The summed E-state index contributed by atoms with van der Waals surface area (Å²) >= 11 is 1.89. The van der Waals surface area contributed by atoms with Gasteiger partial charge in [-0.2, -0.15) is 0 Å². The molecule has 1 aliphatic heterocycles. The van der Waals surface area contributed by atoms with Gasteiger partial charge in [0.15, 0.2) is 0 Å². The molecule has 0 saturated carbocycles. The maximum atomic E-state index is 5.04. The third-order valence-corrected chi connectivity index (χ3v) is 13.5. The van der Waals surface area contributed by atoms with Gasteiger partial charge in [-0.25, -0.2) is 0 Å². The van der Waals surface area contributed by atoms with Crippen LogP contribution in [-0.4, -0.2) is 10.8 Å². The van der Waals surface area contributed by atoms with E-state index in [1.54, 1.807) is 0 Å². The van der Waals surface area contributed by atoms with Crippen LogP contribution < -0.4 is 0 Å². The molecule has 0 fully saturated rings. The summed E-state index contributed by atoms with van der Waals surface area (Å²) in [6, 6.07) is 40.9. The van der Waals surface area contributed by atoms with Gasteiger partial charge in [-0.1, -0.05) is 121 Å². The van der Waals surface area contributed by atoms with Crippen molar-refractivity contribution in [3.05, 3.63) is 179 Å². The Morgan fingerprint density at radius 2 is 1.65 bits per heavy atom. The van der Waals surface area contributed by atoms with Crippen LogP contribution in [0, 0.1) is 17.8 Å².